The van der Waals surface area contributed by atoms with E-state index in [0.717, 1.165) is 82.2 Å². The molecule has 0 bridgehead atoms. The molecular weight excluding hydrogens is 430 g/mol. The number of likely N-dealkylation sites (tertiary alicyclic amines) is 1. The molecule has 180 valence electrons. The van der Waals surface area contributed by atoms with Gasteiger partial charge in [-0.15, -0.1) is 15.3 Å². The number of methoxy groups -OCH3 is 1. The number of ether oxygens (including phenoxy) is 1. The van der Waals surface area contributed by atoms with Crippen LogP contribution in [-0.2, 0) is 11.3 Å². The SMILES string of the molecule is COc1ccc(CN2CCC(CNC(=O)C3CCN(c4ccc5nncn5n4)CC3)CC2)cc1. The van der Waals surface area contributed by atoms with Crippen LogP contribution in [0.3, 0.4) is 0 Å². The van der Waals surface area contributed by atoms with E-state index in [4.69, 9.17) is 4.74 Å². The first-order chi connectivity index (χ1) is 16.7. The Morgan fingerprint density at radius 1 is 1.03 bits per heavy atom. The summed E-state index contributed by atoms with van der Waals surface area (Å²) in [5.74, 6) is 2.67. The second kappa shape index (κ2) is 10.4. The van der Waals surface area contributed by atoms with Crippen molar-refractivity contribution >= 4 is 17.4 Å². The highest BCUT2D eigenvalue weighted by molar-refractivity contribution is 5.79. The number of hydrogen-bond donors (Lipinski definition) is 1. The summed E-state index contributed by atoms with van der Waals surface area (Å²) in [6.07, 6.45) is 5.59. The average Bonchev–Trinajstić information content (AvgIpc) is 3.37. The number of carbonyl (C=O) groups excluding carboxylic acids is 1. The van der Waals surface area contributed by atoms with Crippen molar-refractivity contribution in [3.05, 3.63) is 48.3 Å². The van der Waals surface area contributed by atoms with E-state index in [1.165, 1.54) is 5.56 Å². The molecule has 1 aromatic carbocycles. The molecule has 3 aromatic rings. The Morgan fingerprint density at radius 3 is 2.53 bits per heavy atom. The van der Waals surface area contributed by atoms with E-state index in [9.17, 15) is 4.79 Å². The Hall–Kier alpha value is -3.20. The quantitative estimate of drug-likeness (QED) is 0.576. The number of rotatable bonds is 7. The summed E-state index contributed by atoms with van der Waals surface area (Å²) in [4.78, 5) is 17.5. The normalized spacial score (nSPS) is 18.3. The van der Waals surface area contributed by atoms with E-state index in [-0.39, 0.29) is 11.8 Å². The fourth-order valence-corrected chi connectivity index (χ4v) is 4.98. The molecule has 9 nitrogen and oxygen atoms in total. The maximum atomic E-state index is 12.8. The van der Waals surface area contributed by atoms with Crippen molar-refractivity contribution < 1.29 is 9.53 Å². The molecule has 0 saturated carbocycles. The van der Waals surface area contributed by atoms with E-state index in [1.54, 1.807) is 18.0 Å². The van der Waals surface area contributed by atoms with E-state index in [0.29, 0.717) is 5.92 Å². The van der Waals surface area contributed by atoms with Crippen LogP contribution in [0.4, 0.5) is 5.82 Å². The molecule has 9 heteroatoms. The van der Waals surface area contributed by atoms with Crippen LogP contribution < -0.4 is 15.0 Å². The van der Waals surface area contributed by atoms with Gasteiger partial charge in [0, 0.05) is 32.1 Å². The maximum Gasteiger partial charge on any atom is 0.223 e. The molecular formula is C25H33N7O2. The summed E-state index contributed by atoms with van der Waals surface area (Å²) in [5, 5.41) is 15.7. The molecule has 1 amide bonds. The third-order valence-electron chi connectivity index (χ3n) is 7.17. The Labute approximate surface area is 200 Å². The fraction of sp³-hybridized carbons (Fsp3) is 0.520. The number of hydrogen-bond acceptors (Lipinski definition) is 7. The van der Waals surface area contributed by atoms with Crippen LogP contribution in [0.15, 0.2) is 42.7 Å². The first-order valence-electron chi connectivity index (χ1n) is 12.2. The van der Waals surface area contributed by atoms with Gasteiger partial charge >= 0.3 is 0 Å². The zero-order chi connectivity index (χ0) is 23.3. The highest BCUT2D eigenvalue weighted by Crippen LogP contribution is 2.23. The van der Waals surface area contributed by atoms with Crippen molar-refractivity contribution in [2.45, 2.75) is 32.2 Å². The number of nitrogens with one attached hydrogen (secondary N) is 1. The van der Waals surface area contributed by atoms with Crippen LogP contribution in [0.25, 0.3) is 5.65 Å². The number of fused-ring (bicyclic) bond motifs is 1. The topological polar surface area (TPSA) is 87.9 Å². The molecule has 4 heterocycles. The van der Waals surface area contributed by atoms with E-state index in [1.807, 2.05) is 24.3 Å². The number of benzene rings is 1. The van der Waals surface area contributed by atoms with Crippen LogP contribution in [0.1, 0.15) is 31.2 Å². The summed E-state index contributed by atoms with van der Waals surface area (Å²) in [6, 6.07) is 12.2. The minimum Gasteiger partial charge on any atom is -0.497 e. The van der Waals surface area contributed by atoms with Gasteiger partial charge in [0.1, 0.15) is 17.9 Å². The fourth-order valence-electron chi connectivity index (χ4n) is 4.98. The smallest absolute Gasteiger partial charge is 0.223 e. The number of nitrogens with zero attached hydrogens (tertiary/aromatic N) is 6. The Bertz CT molecular complexity index is 1080. The lowest BCUT2D eigenvalue weighted by Crippen LogP contribution is -2.43. The minimum atomic E-state index is 0.0880. The van der Waals surface area contributed by atoms with Crippen LogP contribution in [0, 0.1) is 11.8 Å². The van der Waals surface area contributed by atoms with Gasteiger partial charge in [0.25, 0.3) is 0 Å². The summed E-state index contributed by atoms with van der Waals surface area (Å²) >= 11 is 0. The second-order valence-electron chi connectivity index (χ2n) is 9.40. The lowest BCUT2D eigenvalue weighted by molar-refractivity contribution is -0.125. The van der Waals surface area contributed by atoms with Gasteiger partial charge < -0.3 is 15.0 Å². The van der Waals surface area contributed by atoms with Crippen LogP contribution in [0.2, 0.25) is 0 Å². The second-order valence-corrected chi connectivity index (χ2v) is 9.40. The van der Waals surface area contributed by atoms with Crippen molar-refractivity contribution in [3.63, 3.8) is 0 Å². The highest BCUT2D eigenvalue weighted by atomic mass is 16.5. The first kappa shape index (κ1) is 22.6. The summed E-state index contributed by atoms with van der Waals surface area (Å²) < 4.78 is 6.93. The van der Waals surface area contributed by atoms with Crippen molar-refractivity contribution in [1.82, 2.24) is 30.0 Å². The molecule has 2 aliphatic rings. The maximum absolute atomic E-state index is 12.8. The third kappa shape index (κ3) is 5.30. The molecule has 2 aromatic heterocycles. The lowest BCUT2D eigenvalue weighted by Gasteiger charge is -2.34. The molecule has 2 saturated heterocycles. The summed E-state index contributed by atoms with van der Waals surface area (Å²) in [6.45, 7) is 5.59. The molecule has 2 fully saturated rings. The number of piperidine rings is 2. The summed E-state index contributed by atoms with van der Waals surface area (Å²) in [5.41, 5.74) is 2.06. The van der Waals surface area contributed by atoms with Gasteiger partial charge in [0.2, 0.25) is 5.91 Å². The third-order valence-corrected chi connectivity index (χ3v) is 7.17. The van der Waals surface area contributed by atoms with Crippen LogP contribution >= 0.6 is 0 Å². The number of anilines is 1. The number of carbonyl (C=O) groups is 1. The van der Waals surface area contributed by atoms with Crippen molar-refractivity contribution in [2.75, 3.05) is 44.7 Å². The predicted octanol–water partition coefficient (Wildman–Crippen LogP) is 2.38. The van der Waals surface area contributed by atoms with Crippen molar-refractivity contribution in [3.8, 4) is 5.75 Å². The molecule has 5 rings (SSSR count). The Balaban J connectivity index is 1.02. The highest BCUT2D eigenvalue weighted by Gasteiger charge is 2.27. The average molecular weight is 464 g/mol. The minimum absolute atomic E-state index is 0.0880. The van der Waals surface area contributed by atoms with Crippen LogP contribution in [-0.4, -0.2) is 70.5 Å². The molecule has 0 aliphatic carbocycles. The monoisotopic (exact) mass is 463 g/mol. The van der Waals surface area contributed by atoms with Crippen molar-refractivity contribution in [2.24, 2.45) is 11.8 Å². The first-order valence-corrected chi connectivity index (χ1v) is 12.2. The standard InChI is InChI=1S/C25H33N7O2/c1-34-22-4-2-20(3-5-22)17-30-12-8-19(9-13-30)16-26-25(33)21-10-14-31(15-11-21)24-7-6-23-28-27-18-32(23)29-24/h2-7,18-19,21H,8-17H2,1H3,(H,26,33). The molecule has 0 atom stereocenters. The van der Waals surface area contributed by atoms with Gasteiger partial charge in [0.05, 0.1) is 7.11 Å². The molecule has 0 unspecified atom stereocenters. The molecule has 0 radical (unpaired) electrons. The molecule has 34 heavy (non-hydrogen) atoms. The molecule has 1 N–H and O–H groups in total. The van der Waals surface area contributed by atoms with Gasteiger partial charge in [-0.05, 0) is 74.5 Å². The van der Waals surface area contributed by atoms with Crippen molar-refractivity contribution in [1.29, 1.82) is 0 Å². The Morgan fingerprint density at radius 2 is 1.79 bits per heavy atom. The van der Waals surface area contributed by atoms with Gasteiger partial charge in [-0.3, -0.25) is 9.69 Å². The molecule has 0 spiro atoms. The van der Waals surface area contributed by atoms with Crippen LogP contribution in [0.5, 0.6) is 5.75 Å². The lowest BCUT2D eigenvalue weighted by atomic mass is 9.94. The Kier molecular flexibility index (Phi) is 6.89. The van der Waals surface area contributed by atoms with Gasteiger partial charge in [-0.25, -0.2) is 0 Å². The van der Waals surface area contributed by atoms with Gasteiger partial charge in [-0.1, -0.05) is 12.1 Å². The van der Waals surface area contributed by atoms with Gasteiger partial charge in [0.15, 0.2) is 5.65 Å². The van der Waals surface area contributed by atoms with E-state index in [2.05, 4.69) is 42.5 Å². The van der Waals surface area contributed by atoms with E-state index < -0.39 is 0 Å². The number of aromatic nitrogens is 4. The van der Waals surface area contributed by atoms with E-state index >= 15 is 0 Å². The van der Waals surface area contributed by atoms with Gasteiger partial charge in [-0.2, -0.15) is 4.52 Å². The largest absolute Gasteiger partial charge is 0.497 e. The summed E-state index contributed by atoms with van der Waals surface area (Å²) in [7, 11) is 1.70. The predicted molar refractivity (Wildman–Crippen MR) is 130 cm³/mol. The zero-order valence-electron chi connectivity index (χ0n) is 19.8. The molecule has 2 aliphatic heterocycles. The zero-order valence-corrected chi connectivity index (χ0v) is 19.8. The number of amides is 1.